The van der Waals surface area contributed by atoms with Crippen LogP contribution in [0.5, 0.6) is 5.75 Å². The summed E-state index contributed by atoms with van der Waals surface area (Å²) < 4.78 is 5.86. The van der Waals surface area contributed by atoms with Gasteiger partial charge in [0.2, 0.25) is 0 Å². The van der Waals surface area contributed by atoms with Crippen LogP contribution in [0.3, 0.4) is 0 Å². The van der Waals surface area contributed by atoms with E-state index in [0.717, 1.165) is 36.1 Å². The quantitative estimate of drug-likeness (QED) is 0.913. The molecule has 126 valence electrons. The van der Waals surface area contributed by atoms with Gasteiger partial charge in [-0.25, -0.2) is 0 Å². The van der Waals surface area contributed by atoms with Crippen molar-refractivity contribution in [2.45, 2.75) is 52.2 Å². The van der Waals surface area contributed by atoms with Crippen LogP contribution >= 0.6 is 0 Å². The summed E-state index contributed by atoms with van der Waals surface area (Å²) in [6.07, 6.45) is 2.67. The molecule has 3 nitrogen and oxygen atoms in total. The minimum Gasteiger partial charge on any atom is -0.481 e. The fourth-order valence-corrected chi connectivity index (χ4v) is 3.45. The normalized spacial score (nSPS) is 17.7. The molecule has 2 aromatic carbocycles. The van der Waals surface area contributed by atoms with E-state index in [-0.39, 0.29) is 11.9 Å². The SMILES string of the molecule is Cc1cc(C)cc(O[C@H](C)C(=O)N[C@@H]2CCCc3ccccc32)c1. The first kappa shape index (κ1) is 16.6. The van der Waals surface area contributed by atoms with Crippen LogP contribution in [-0.4, -0.2) is 12.0 Å². The molecule has 0 bridgehead atoms. The summed E-state index contributed by atoms with van der Waals surface area (Å²) >= 11 is 0. The molecule has 3 rings (SSSR count). The third-order valence-electron chi connectivity index (χ3n) is 4.56. The van der Waals surface area contributed by atoms with Crippen molar-refractivity contribution in [3.05, 3.63) is 64.7 Å². The summed E-state index contributed by atoms with van der Waals surface area (Å²) in [4.78, 5) is 12.6. The molecule has 0 saturated carbocycles. The number of benzene rings is 2. The Morgan fingerprint density at radius 1 is 1.17 bits per heavy atom. The number of fused-ring (bicyclic) bond motifs is 1. The van der Waals surface area contributed by atoms with Crippen molar-refractivity contribution in [2.24, 2.45) is 0 Å². The van der Waals surface area contributed by atoms with Gasteiger partial charge in [0.25, 0.3) is 5.91 Å². The van der Waals surface area contributed by atoms with Crippen LogP contribution in [0, 0.1) is 13.8 Å². The maximum absolute atomic E-state index is 12.6. The summed E-state index contributed by atoms with van der Waals surface area (Å²) in [6.45, 7) is 5.87. The number of ether oxygens (including phenoxy) is 1. The van der Waals surface area contributed by atoms with Crippen LogP contribution in [0.4, 0.5) is 0 Å². The molecule has 0 aromatic heterocycles. The molecule has 0 aliphatic heterocycles. The van der Waals surface area contributed by atoms with Crippen molar-refractivity contribution in [3.63, 3.8) is 0 Å². The van der Waals surface area contributed by atoms with Gasteiger partial charge >= 0.3 is 0 Å². The molecule has 0 unspecified atom stereocenters. The highest BCUT2D eigenvalue weighted by Crippen LogP contribution is 2.29. The topological polar surface area (TPSA) is 38.3 Å². The van der Waals surface area contributed by atoms with E-state index in [2.05, 4.69) is 29.6 Å². The van der Waals surface area contributed by atoms with Crippen molar-refractivity contribution in [1.29, 1.82) is 0 Å². The second-order valence-electron chi connectivity index (χ2n) is 6.74. The molecule has 1 aliphatic carbocycles. The van der Waals surface area contributed by atoms with Gasteiger partial charge in [-0.1, -0.05) is 30.3 Å². The van der Waals surface area contributed by atoms with Gasteiger partial charge in [0.15, 0.2) is 6.10 Å². The molecule has 1 aliphatic rings. The summed E-state index contributed by atoms with van der Waals surface area (Å²) in [5, 5.41) is 3.16. The zero-order valence-corrected chi connectivity index (χ0v) is 14.6. The minimum absolute atomic E-state index is 0.0594. The zero-order valence-electron chi connectivity index (χ0n) is 14.6. The average Bonchev–Trinajstić information content (AvgIpc) is 2.54. The second-order valence-corrected chi connectivity index (χ2v) is 6.74. The molecule has 0 fully saturated rings. The molecule has 0 spiro atoms. The number of rotatable bonds is 4. The van der Waals surface area contributed by atoms with E-state index in [0.29, 0.717) is 0 Å². The average molecular weight is 323 g/mol. The van der Waals surface area contributed by atoms with Crippen LogP contribution in [0.25, 0.3) is 0 Å². The summed E-state index contributed by atoms with van der Waals surface area (Å²) in [5.74, 6) is 0.690. The van der Waals surface area contributed by atoms with Crippen molar-refractivity contribution < 1.29 is 9.53 Å². The highest BCUT2D eigenvalue weighted by molar-refractivity contribution is 5.81. The molecule has 0 radical (unpaired) electrons. The van der Waals surface area contributed by atoms with E-state index in [9.17, 15) is 4.79 Å². The molecule has 3 heteroatoms. The van der Waals surface area contributed by atoms with Crippen molar-refractivity contribution in [3.8, 4) is 5.75 Å². The van der Waals surface area contributed by atoms with Gasteiger partial charge in [0.1, 0.15) is 5.75 Å². The Kier molecular flexibility index (Phi) is 4.89. The Labute approximate surface area is 144 Å². The maximum Gasteiger partial charge on any atom is 0.261 e. The van der Waals surface area contributed by atoms with Gasteiger partial charge in [-0.2, -0.15) is 0 Å². The number of nitrogens with one attached hydrogen (secondary N) is 1. The summed E-state index contributed by atoms with van der Waals surface area (Å²) in [6, 6.07) is 14.5. The van der Waals surface area contributed by atoms with Crippen LogP contribution < -0.4 is 10.1 Å². The van der Waals surface area contributed by atoms with Gasteiger partial charge in [0, 0.05) is 0 Å². The van der Waals surface area contributed by atoms with E-state index < -0.39 is 6.10 Å². The minimum atomic E-state index is -0.514. The van der Waals surface area contributed by atoms with Gasteiger partial charge in [-0.3, -0.25) is 4.79 Å². The smallest absolute Gasteiger partial charge is 0.261 e. The summed E-state index contributed by atoms with van der Waals surface area (Å²) in [5.41, 5.74) is 4.87. The Morgan fingerprint density at radius 2 is 1.88 bits per heavy atom. The van der Waals surface area contributed by atoms with Crippen LogP contribution in [0.15, 0.2) is 42.5 Å². The monoisotopic (exact) mass is 323 g/mol. The molecule has 1 amide bonds. The molecular weight excluding hydrogens is 298 g/mol. The van der Waals surface area contributed by atoms with E-state index in [4.69, 9.17) is 4.74 Å². The lowest BCUT2D eigenvalue weighted by Gasteiger charge is -2.27. The number of carbonyl (C=O) groups is 1. The second kappa shape index (κ2) is 7.08. The summed E-state index contributed by atoms with van der Waals surface area (Å²) in [7, 11) is 0. The van der Waals surface area contributed by atoms with Gasteiger partial charge in [-0.05, 0) is 74.4 Å². The van der Waals surface area contributed by atoms with Gasteiger partial charge in [-0.15, -0.1) is 0 Å². The zero-order chi connectivity index (χ0) is 17.1. The first-order chi connectivity index (χ1) is 11.5. The largest absolute Gasteiger partial charge is 0.481 e. The third-order valence-corrected chi connectivity index (χ3v) is 4.56. The fraction of sp³-hybridized carbons (Fsp3) is 0.381. The number of hydrogen-bond acceptors (Lipinski definition) is 2. The Balaban J connectivity index is 1.67. The Hall–Kier alpha value is -2.29. The van der Waals surface area contributed by atoms with E-state index in [1.54, 1.807) is 0 Å². The van der Waals surface area contributed by atoms with Crippen molar-refractivity contribution in [2.75, 3.05) is 0 Å². The number of aryl methyl sites for hydroxylation is 3. The van der Waals surface area contributed by atoms with Crippen molar-refractivity contribution in [1.82, 2.24) is 5.32 Å². The molecule has 0 heterocycles. The number of hydrogen-bond donors (Lipinski definition) is 1. The van der Waals surface area contributed by atoms with Crippen LogP contribution in [0.2, 0.25) is 0 Å². The Morgan fingerprint density at radius 3 is 2.62 bits per heavy atom. The lowest BCUT2D eigenvalue weighted by atomic mass is 9.87. The predicted octanol–water partition coefficient (Wildman–Crippen LogP) is 4.26. The van der Waals surface area contributed by atoms with E-state index in [1.165, 1.54) is 11.1 Å². The molecule has 0 saturated heterocycles. The highest BCUT2D eigenvalue weighted by Gasteiger charge is 2.24. The first-order valence-corrected chi connectivity index (χ1v) is 8.66. The number of amides is 1. The Bertz CT molecular complexity index is 718. The first-order valence-electron chi connectivity index (χ1n) is 8.66. The van der Waals surface area contributed by atoms with Crippen LogP contribution in [0.1, 0.15) is 48.1 Å². The maximum atomic E-state index is 12.6. The van der Waals surface area contributed by atoms with E-state index in [1.807, 2.05) is 39.0 Å². The predicted molar refractivity (Wildman–Crippen MR) is 96.3 cm³/mol. The van der Waals surface area contributed by atoms with E-state index >= 15 is 0 Å². The molecule has 24 heavy (non-hydrogen) atoms. The molecular formula is C21H25NO2. The highest BCUT2D eigenvalue weighted by atomic mass is 16.5. The van der Waals surface area contributed by atoms with Gasteiger partial charge in [0.05, 0.1) is 6.04 Å². The lowest BCUT2D eigenvalue weighted by molar-refractivity contribution is -0.128. The molecule has 2 aromatic rings. The van der Waals surface area contributed by atoms with Crippen molar-refractivity contribution >= 4 is 5.91 Å². The van der Waals surface area contributed by atoms with Gasteiger partial charge < -0.3 is 10.1 Å². The third kappa shape index (κ3) is 3.78. The lowest BCUT2D eigenvalue weighted by Crippen LogP contribution is -2.39. The fourth-order valence-electron chi connectivity index (χ4n) is 3.45. The number of carbonyl (C=O) groups excluding carboxylic acids is 1. The molecule has 1 N–H and O–H groups in total. The standard InChI is InChI=1S/C21H25NO2/c1-14-11-15(2)13-18(12-14)24-16(3)21(23)22-20-10-6-8-17-7-4-5-9-19(17)20/h4-5,7,9,11-13,16,20H,6,8,10H2,1-3H3,(H,22,23)/t16-,20-/m1/s1. The molecule has 2 atom stereocenters. The van der Waals surface area contributed by atoms with Crippen LogP contribution in [-0.2, 0) is 11.2 Å².